The van der Waals surface area contributed by atoms with Gasteiger partial charge in [0.05, 0.1) is 5.69 Å². The average molecular weight is 1140 g/mol. The van der Waals surface area contributed by atoms with Gasteiger partial charge in [-0.05, 0) is 195 Å². The Labute approximate surface area is 521 Å². The first-order valence-electron chi connectivity index (χ1n) is 31.7. The Kier molecular flexibility index (Phi) is 12.3. The van der Waals surface area contributed by atoms with Crippen molar-refractivity contribution in [1.29, 1.82) is 0 Å². The summed E-state index contributed by atoms with van der Waals surface area (Å²) in [5.74, 6) is 0.868. The van der Waals surface area contributed by atoms with Gasteiger partial charge in [0.25, 0.3) is 6.71 Å². The van der Waals surface area contributed by atoms with Crippen LogP contribution in [0.25, 0.3) is 55.0 Å². The Morgan fingerprint density at radius 3 is 1.47 bits per heavy atom. The van der Waals surface area contributed by atoms with Crippen LogP contribution in [0.4, 0.5) is 51.2 Å². The fraction of sp³-hybridized carbons (Fsp3) is 0.229. The highest BCUT2D eigenvalue weighted by molar-refractivity contribution is 7.00. The molecule has 2 aliphatic heterocycles. The third-order valence-corrected chi connectivity index (χ3v) is 19.6. The summed E-state index contributed by atoms with van der Waals surface area (Å²) in [7, 11) is 0. The predicted molar refractivity (Wildman–Crippen MR) is 378 cm³/mol. The summed E-state index contributed by atoms with van der Waals surface area (Å²) in [6.07, 6.45) is 0. The highest BCUT2D eigenvalue weighted by atomic mass is 16.3. The van der Waals surface area contributed by atoms with Crippen molar-refractivity contribution < 1.29 is 4.42 Å². The summed E-state index contributed by atoms with van der Waals surface area (Å²) in [5.41, 5.74) is 26.3. The van der Waals surface area contributed by atoms with Gasteiger partial charge in [0.2, 0.25) is 0 Å². The summed E-state index contributed by atoms with van der Waals surface area (Å²) in [4.78, 5) is 7.74. The van der Waals surface area contributed by atoms with Gasteiger partial charge in [-0.3, -0.25) is 0 Å². The molecule has 12 aromatic rings. The van der Waals surface area contributed by atoms with E-state index in [4.69, 9.17) is 4.42 Å². The second kappa shape index (κ2) is 19.5. The molecule has 88 heavy (non-hydrogen) atoms. The van der Waals surface area contributed by atoms with E-state index in [0.29, 0.717) is 0 Å². The van der Waals surface area contributed by atoms with Gasteiger partial charge in [0.15, 0.2) is 0 Å². The zero-order chi connectivity index (χ0) is 61.1. The molecule has 15 rings (SSSR count). The van der Waals surface area contributed by atoms with Crippen LogP contribution >= 0.6 is 0 Å². The first-order valence-corrected chi connectivity index (χ1v) is 31.7. The molecule has 0 bridgehead atoms. The maximum absolute atomic E-state index is 6.45. The van der Waals surface area contributed by atoms with Crippen molar-refractivity contribution in [2.24, 2.45) is 0 Å². The second-order valence-electron chi connectivity index (χ2n) is 29.9. The monoisotopic (exact) mass is 1140 g/mol. The van der Waals surface area contributed by atoms with Crippen LogP contribution in [0.3, 0.4) is 0 Å². The maximum atomic E-state index is 6.45. The van der Waals surface area contributed by atoms with Crippen LogP contribution < -0.4 is 31.1 Å². The number of benzene rings is 11. The van der Waals surface area contributed by atoms with Gasteiger partial charge in [-0.1, -0.05) is 224 Å². The molecule has 0 spiro atoms. The molecule has 11 aromatic carbocycles. The summed E-state index contributed by atoms with van der Waals surface area (Å²) in [6, 6.07) is 83.7. The van der Waals surface area contributed by atoms with E-state index < -0.39 is 0 Å². The Hall–Kier alpha value is -9.06. The van der Waals surface area contributed by atoms with E-state index in [0.717, 1.165) is 61.5 Å². The lowest BCUT2D eigenvalue weighted by Crippen LogP contribution is -2.61. The molecule has 1 aromatic heterocycles. The lowest BCUT2D eigenvalue weighted by atomic mass is 9.33. The van der Waals surface area contributed by atoms with Gasteiger partial charge in [-0.2, -0.15) is 0 Å². The van der Waals surface area contributed by atoms with E-state index in [1.807, 2.05) is 12.1 Å². The first kappa shape index (κ1) is 55.5. The minimum absolute atomic E-state index is 0.0180. The van der Waals surface area contributed by atoms with Crippen LogP contribution in [0, 0.1) is 0 Å². The number of nitrogens with zero attached hydrogens (tertiary/aromatic N) is 3. The van der Waals surface area contributed by atoms with E-state index in [9.17, 15) is 0 Å². The van der Waals surface area contributed by atoms with Crippen LogP contribution in [0.5, 0.6) is 0 Å². The quantitative estimate of drug-likeness (QED) is 0.155. The molecule has 0 saturated carbocycles. The molecule has 0 unspecified atom stereocenters. The fourth-order valence-corrected chi connectivity index (χ4v) is 14.6. The van der Waals surface area contributed by atoms with E-state index in [1.165, 1.54) is 94.4 Å². The molecule has 0 radical (unpaired) electrons. The Balaban J connectivity index is 1.03. The van der Waals surface area contributed by atoms with Gasteiger partial charge in [-0.25, -0.2) is 0 Å². The lowest BCUT2D eigenvalue weighted by Gasteiger charge is -2.45. The third-order valence-electron chi connectivity index (χ3n) is 19.6. The number of hydrogen-bond acceptors (Lipinski definition) is 4. The Bertz CT molecular complexity index is 4640. The van der Waals surface area contributed by atoms with Crippen molar-refractivity contribution in [3.05, 3.63) is 252 Å². The fourth-order valence-electron chi connectivity index (χ4n) is 14.6. The standard InChI is InChI=1S/C83H78BN3O/c1-79(2,3)56-27-34-60(35-28-56)86-71-41-31-58(81(7,8)9)46-69(71)84-70-47-59(82(10,11)12)32-42-72(70)87(61-36-29-57(30-37-61)80(4,5)6)74-50-64(49-73(86)78(74)84)85(62-33-25-52-43-55(24-23-53(52)44-62)76-45-54-20-16-18-22-75(54)88-76)63-38-39-66-68(48-63)83(13,14)67-40-26-51-19-15-17-21-65(51)77(66)67/h15-50H,1-14H3. The normalized spacial score (nSPS) is 14.3. The van der Waals surface area contributed by atoms with E-state index in [-0.39, 0.29) is 33.8 Å². The maximum Gasteiger partial charge on any atom is 0.252 e. The lowest BCUT2D eigenvalue weighted by molar-refractivity contribution is 0.590. The molecule has 0 fully saturated rings. The molecule has 4 nitrogen and oxygen atoms in total. The molecule has 3 aliphatic rings. The van der Waals surface area contributed by atoms with Crippen molar-refractivity contribution in [2.45, 2.75) is 124 Å². The van der Waals surface area contributed by atoms with Crippen molar-refractivity contribution in [3.63, 3.8) is 0 Å². The van der Waals surface area contributed by atoms with E-state index in [2.05, 4.69) is 318 Å². The summed E-state index contributed by atoms with van der Waals surface area (Å²) >= 11 is 0. The van der Waals surface area contributed by atoms with Crippen molar-refractivity contribution in [2.75, 3.05) is 14.7 Å². The van der Waals surface area contributed by atoms with Gasteiger partial charge in [0.1, 0.15) is 11.3 Å². The van der Waals surface area contributed by atoms with Crippen LogP contribution in [0.2, 0.25) is 0 Å². The molecule has 0 N–H and O–H groups in total. The zero-order valence-electron chi connectivity index (χ0n) is 53.6. The van der Waals surface area contributed by atoms with E-state index >= 15 is 0 Å². The van der Waals surface area contributed by atoms with Gasteiger partial charge in [0, 0.05) is 61.9 Å². The van der Waals surface area contributed by atoms with Gasteiger partial charge < -0.3 is 19.1 Å². The molecule has 434 valence electrons. The van der Waals surface area contributed by atoms with Crippen LogP contribution in [0.1, 0.15) is 130 Å². The van der Waals surface area contributed by atoms with Crippen molar-refractivity contribution in [3.8, 4) is 22.5 Å². The Morgan fingerprint density at radius 2 is 0.886 bits per heavy atom. The number of furan rings is 1. The number of fused-ring (bicyclic) bond motifs is 11. The molecule has 1 aliphatic carbocycles. The summed E-state index contributed by atoms with van der Waals surface area (Å²) in [5, 5.41) is 5.96. The number of anilines is 9. The van der Waals surface area contributed by atoms with Crippen LogP contribution in [-0.4, -0.2) is 6.71 Å². The minimum atomic E-state index is -0.265. The smallest absolute Gasteiger partial charge is 0.252 e. The summed E-state index contributed by atoms with van der Waals surface area (Å²) in [6.45, 7) is 32.7. The van der Waals surface area contributed by atoms with Crippen molar-refractivity contribution in [1.82, 2.24) is 0 Å². The topological polar surface area (TPSA) is 22.9 Å². The highest BCUT2D eigenvalue weighted by Gasteiger charge is 2.46. The predicted octanol–water partition coefficient (Wildman–Crippen LogP) is 21.5. The molecular formula is C83H78BN3O. The number of hydrogen-bond donors (Lipinski definition) is 0. The second-order valence-corrected chi connectivity index (χ2v) is 29.9. The van der Waals surface area contributed by atoms with Crippen LogP contribution in [0.15, 0.2) is 223 Å². The Morgan fingerprint density at radius 1 is 0.386 bits per heavy atom. The van der Waals surface area contributed by atoms with Gasteiger partial charge >= 0.3 is 0 Å². The SMILES string of the molecule is CC(C)(C)c1ccc(N2c3ccc(C(C)(C)C)cc3B3c4cc(C(C)(C)C)ccc4N(c4ccc(C(C)(C)C)cc4)c4cc(N(c5ccc6c(c5)C(C)(C)c5ccc7ccccc7c5-6)c5ccc6cc(-c7cc8ccccc8o7)ccc6c5)cc2c43)cc1. The van der Waals surface area contributed by atoms with Crippen LogP contribution in [-0.2, 0) is 27.1 Å². The largest absolute Gasteiger partial charge is 0.456 e. The molecule has 5 heteroatoms. The molecule has 0 amide bonds. The number of rotatable bonds is 6. The number of para-hydroxylation sites is 1. The molecular weight excluding hydrogens is 1070 g/mol. The molecule has 3 heterocycles. The van der Waals surface area contributed by atoms with Gasteiger partial charge in [-0.15, -0.1) is 0 Å². The van der Waals surface area contributed by atoms with Crippen molar-refractivity contribution >= 4 is 107 Å². The average Bonchev–Trinajstić information content (AvgIpc) is 1.71. The highest BCUT2D eigenvalue weighted by Crippen LogP contribution is 2.55. The first-order chi connectivity index (χ1) is 41.9. The third kappa shape index (κ3) is 8.93. The zero-order valence-corrected chi connectivity index (χ0v) is 53.6. The molecule has 0 atom stereocenters. The minimum Gasteiger partial charge on any atom is -0.456 e. The molecule has 0 saturated heterocycles. The summed E-state index contributed by atoms with van der Waals surface area (Å²) < 4.78 is 6.45. The van der Waals surface area contributed by atoms with E-state index in [1.54, 1.807) is 0 Å².